The standard InChI is InChI=1S/C29H8ClF10NO/c30-10-6-5-9-12-11(7-3-1-2-4-8(7)29(42)14(10)12)15(17-20(33)24(37)27(40)25(38)21(17)34)28(41)13(9)16-18(31)22(35)26(39)23(36)19(16)32/h1-6H,41H2. The molecule has 0 bridgehead atoms. The highest BCUT2D eigenvalue weighted by Crippen LogP contribution is 2.55. The van der Waals surface area contributed by atoms with Gasteiger partial charge in [-0.3, -0.25) is 4.79 Å². The molecule has 0 radical (unpaired) electrons. The van der Waals surface area contributed by atoms with Crippen molar-refractivity contribution in [1.29, 1.82) is 0 Å². The van der Waals surface area contributed by atoms with E-state index in [9.17, 15) is 31.1 Å². The van der Waals surface area contributed by atoms with Gasteiger partial charge in [-0.25, -0.2) is 43.9 Å². The van der Waals surface area contributed by atoms with Gasteiger partial charge in [0.05, 0.1) is 16.1 Å². The van der Waals surface area contributed by atoms with Gasteiger partial charge in [0.2, 0.25) is 11.6 Å². The third kappa shape index (κ3) is 3.38. The highest BCUT2D eigenvalue weighted by Gasteiger charge is 2.38. The van der Waals surface area contributed by atoms with Gasteiger partial charge < -0.3 is 5.73 Å². The minimum Gasteiger partial charge on any atom is -0.398 e. The van der Waals surface area contributed by atoms with Crippen molar-refractivity contribution in [2.24, 2.45) is 0 Å². The Morgan fingerprint density at radius 1 is 0.476 bits per heavy atom. The molecule has 0 amide bonds. The number of anilines is 1. The first-order valence-corrected chi connectivity index (χ1v) is 11.9. The van der Waals surface area contributed by atoms with Crippen molar-refractivity contribution in [3.8, 4) is 33.4 Å². The van der Waals surface area contributed by atoms with Crippen molar-refractivity contribution in [2.75, 3.05) is 5.73 Å². The number of nitrogens with two attached hydrogens (primary N) is 1. The zero-order valence-electron chi connectivity index (χ0n) is 20.1. The molecule has 0 aromatic heterocycles. The lowest BCUT2D eigenvalue weighted by atomic mass is 9.76. The number of ketones is 1. The van der Waals surface area contributed by atoms with Gasteiger partial charge in [0.15, 0.2) is 52.3 Å². The molecule has 2 N–H and O–H groups in total. The van der Waals surface area contributed by atoms with E-state index >= 15 is 17.6 Å². The summed E-state index contributed by atoms with van der Waals surface area (Å²) in [6.07, 6.45) is 0. The van der Waals surface area contributed by atoms with Crippen molar-refractivity contribution in [3.63, 3.8) is 0 Å². The van der Waals surface area contributed by atoms with Crippen molar-refractivity contribution in [1.82, 2.24) is 0 Å². The van der Waals surface area contributed by atoms with Gasteiger partial charge in [0.1, 0.15) is 0 Å². The highest BCUT2D eigenvalue weighted by atomic mass is 35.5. The number of benzene rings is 5. The number of hydrogen-bond donors (Lipinski definition) is 1. The second-order valence-electron chi connectivity index (χ2n) is 9.15. The van der Waals surface area contributed by atoms with Crippen LogP contribution in [-0.2, 0) is 0 Å². The van der Waals surface area contributed by atoms with E-state index in [1.54, 1.807) is 0 Å². The van der Waals surface area contributed by atoms with E-state index in [1.807, 2.05) is 0 Å². The summed E-state index contributed by atoms with van der Waals surface area (Å²) in [5.74, 6) is -25.3. The fourth-order valence-corrected chi connectivity index (χ4v) is 5.52. The van der Waals surface area contributed by atoms with Crippen LogP contribution in [-0.4, -0.2) is 5.78 Å². The van der Waals surface area contributed by atoms with Gasteiger partial charge >= 0.3 is 0 Å². The SMILES string of the molecule is Nc1c(-c2c(F)c(F)c(F)c(F)c2F)c2c3c(c(Cl)ccc3c1-c1c(F)c(F)c(F)c(F)c1F)C(=O)c1ccccc1-2. The Kier molecular flexibility index (Phi) is 6.05. The second kappa shape index (κ2) is 9.21. The number of hydrogen-bond acceptors (Lipinski definition) is 2. The fraction of sp³-hybridized carbons (Fsp3) is 0. The molecule has 2 nitrogen and oxygen atoms in total. The van der Waals surface area contributed by atoms with Gasteiger partial charge in [-0.2, -0.15) is 0 Å². The van der Waals surface area contributed by atoms with E-state index in [-0.39, 0.29) is 16.1 Å². The maximum Gasteiger partial charge on any atom is 0.200 e. The van der Waals surface area contributed by atoms with Gasteiger partial charge in [-0.15, -0.1) is 0 Å². The van der Waals surface area contributed by atoms with E-state index in [4.69, 9.17) is 17.3 Å². The second-order valence-corrected chi connectivity index (χ2v) is 9.56. The van der Waals surface area contributed by atoms with Gasteiger partial charge in [-0.05, 0) is 17.0 Å². The molecule has 0 heterocycles. The van der Waals surface area contributed by atoms with Crippen molar-refractivity contribution >= 4 is 33.8 Å². The summed E-state index contributed by atoms with van der Waals surface area (Å²) >= 11 is 6.29. The Hall–Kier alpha value is -4.58. The number of fused-ring (bicyclic) bond motifs is 2. The molecular formula is C29H8ClF10NO. The van der Waals surface area contributed by atoms with Crippen molar-refractivity contribution < 1.29 is 48.7 Å². The molecular weight excluding hydrogens is 604 g/mol. The van der Waals surface area contributed by atoms with Crippen LogP contribution in [0.3, 0.4) is 0 Å². The molecule has 0 aliphatic heterocycles. The van der Waals surface area contributed by atoms with Crippen molar-refractivity contribution in [3.05, 3.63) is 111 Å². The van der Waals surface area contributed by atoms with Crippen LogP contribution in [0, 0.1) is 58.2 Å². The smallest absolute Gasteiger partial charge is 0.200 e. The summed E-state index contributed by atoms with van der Waals surface area (Å²) in [6.45, 7) is 0. The summed E-state index contributed by atoms with van der Waals surface area (Å²) in [4.78, 5) is 13.5. The number of carbonyl (C=O) groups excluding carboxylic acids is 1. The van der Waals surface area contributed by atoms with Crippen LogP contribution in [0.5, 0.6) is 0 Å². The zero-order valence-corrected chi connectivity index (χ0v) is 20.9. The van der Waals surface area contributed by atoms with Crippen LogP contribution in [0.15, 0.2) is 36.4 Å². The Balaban J connectivity index is 1.99. The van der Waals surface area contributed by atoms with Crippen molar-refractivity contribution in [2.45, 2.75) is 0 Å². The first kappa shape index (κ1) is 27.6. The zero-order chi connectivity index (χ0) is 30.5. The van der Waals surface area contributed by atoms with E-state index in [0.717, 1.165) is 12.1 Å². The molecule has 6 rings (SSSR count). The van der Waals surface area contributed by atoms with Crippen LogP contribution in [0.25, 0.3) is 44.2 Å². The maximum atomic E-state index is 15.3. The molecule has 0 fully saturated rings. The van der Waals surface area contributed by atoms with Gasteiger partial charge in [0.25, 0.3) is 0 Å². The lowest BCUT2D eigenvalue weighted by Crippen LogP contribution is -2.15. The normalized spacial score (nSPS) is 12.3. The molecule has 5 aromatic rings. The number of carbonyl (C=O) groups is 1. The summed E-state index contributed by atoms with van der Waals surface area (Å²) < 4.78 is 147. The molecule has 0 saturated heterocycles. The lowest BCUT2D eigenvalue weighted by molar-refractivity contribution is 0.104. The summed E-state index contributed by atoms with van der Waals surface area (Å²) in [5.41, 5.74) is -1.65. The first-order chi connectivity index (χ1) is 19.8. The number of nitrogen functional groups attached to an aromatic ring is 1. The molecule has 0 unspecified atom stereocenters. The van der Waals surface area contributed by atoms with Crippen LogP contribution in [0.1, 0.15) is 15.9 Å². The van der Waals surface area contributed by atoms with Crippen LogP contribution >= 0.6 is 11.6 Å². The topological polar surface area (TPSA) is 43.1 Å². The van der Waals surface area contributed by atoms with Crippen LogP contribution in [0.2, 0.25) is 5.02 Å². The Morgan fingerprint density at radius 3 is 1.40 bits per heavy atom. The maximum absolute atomic E-state index is 15.3. The molecule has 0 spiro atoms. The molecule has 0 atom stereocenters. The Bertz CT molecular complexity index is 2040. The predicted octanol–water partition coefficient (Wildman–Crippen LogP) is 9.01. The summed E-state index contributed by atoms with van der Waals surface area (Å²) in [6, 6.07) is 7.27. The Labute approximate surface area is 232 Å². The van der Waals surface area contributed by atoms with E-state index < -0.39 is 114 Å². The predicted molar refractivity (Wildman–Crippen MR) is 133 cm³/mol. The fourth-order valence-electron chi connectivity index (χ4n) is 5.28. The Morgan fingerprint density at radius 2 is 0.905 bits per heavy atom. The average Bonchev–Trinajstić information content (AvgIpc) is 2.98. The van der Waals surface area contributed by atoms with E-state index in [2.05, 4.69) is 0 Å². The first-order valence-electron chi connectivity index (χ1n) is 11.6. The average molecular weight is 612 g/mol. The van der Waals surface area contributed by atoms with E-state index in [0.29, 0.717) is 0 Å². The van der Waals surface area contributed by atoms with Crippen LogP contribution in [0.4, 0.5) is 49.6 Å². The highest BCUT2D eigenvalue weighted by molar-refractivity contribution is 6.41. The monoisotopic (exact) mass is 611 g/mol. The summed E-state index contributed by atoms with van der Waals surface area (Å²) in [7, 11) is 0. The quantitative estimate of drug-likeness (QED) is 0.0919. The molecule has 1 aliphatic rings. The molecule has 42 heavy (non-hydrogen) atoms. The largest absolute Gasteiger partial charge is 0.398 e. The minimum absolute atomic E-state index is 0.156. The third-order valence-electron chi connectivity index (χ3n) is 7.05. The number of halogens is 11. The number of rotatable bonds is 2. The molecule has 0 saturated carbocycles. The minimum atomic E-state index is -2.54. The molecule has 212 valence electrons. The van der Waals surface area contributed by atoms with Gasteiger partial charge in [-0.1, -0.05) is 41.9 Å². The molecule has 5 aromatic carbocycles. The van der Waals surface area contributed by atoms with Gasteiger partial charge in [0, 0.05) is 38.9 Å². The third-order valence-corrected chi connectivity index (χ3v) is 7.37. The van der Waals surface area contributed by atoms with Crippen LogP contribution < -0.4 is 5.73 Å². The lowest BCUT2D eigenvalue weighted by Gasteiger charge is -2.28. The molecule has 1 aliphatic carbocycles. The molecule has 13 heteroatoms. The van der Waals surface area contributed by atoms with E-state index in [1.165, 1.54) is 24.3 Å². The summed E-state index contributed by atoms with van der Waals surface area (Å²) in [5, 5.41) is -1.24.